The first kappa shape index (κ1) is 15.4. The number of nitrogens with zero attached hydrogens (tertiary/aromatic N) is 5. The fourth-order valence-corrected chi connectivity index (χ4v) is 3.14. The van der Waals surface area contributed by atoms with Gasteiger partial charge in [0, 0.05) is 62.0 Å². The lowest BCUT2D eigenvalue weighted by atomic mass is 10.1. The molecule has 4 rings (SSSR count). The molecule has 0 fully saturated rings. The van der Waals surface area contributed by atoms with E-state index in [9.17, 15) is 0 Å². The summed E-state index contributed by atoms with van der Waals surface area (Å²) in [4.78, 5) is 20.0. The molecule has 0 unspecified atom stereocenters. The average Bonchev–Trinajstić information content (AvgIpc) is 2.64. The number of fused-ring (bicyclic) bond motifs is 1. The van der Waals surface area contributed by atoms with Crippen molar-refractivity contribution in [1.29, 1.82) is 0 Å². The zero-order chi connectivity index (χ0) is 16.4. The molecule has 0 bridgehead atoms. The van der Waals surface area contributed by atoms with Crippen LogP contribution >= 0.6 is 15.9 Å². The maximum Gasteiger partial charge on any atom is 0.159 e. The highest BCUT2D eigenvalue weighted by Gasteiger charge is 2.19. The number of rotatable bonds is 3. The third-order valence-electron chi connectivity index (χ3n) is 4.15. The lowest BCUT2D eigenvalue weighted by molar-refractivity contribution is 0.242. The monoisotopic (exact) mass is 381 g/mol. The molecule has 0 atom stereocenters. The first-order valence-corrected chi connectivity index (χ1v) is 8.65. The van der Waals surface area contributed by atoms with Crippen LogP contribution in [-0.4, -0.2) is 31.4 Å². The third kappa shape index (κ3) is 3.34. The number of pyridine rings is 2. The number of aromatic nitrogens is 4. The quantitative estimate of drug-likeness (QED) is 0.651. The van der Waals surface area contributed by atoms with E-state index in [4.69, 9.17) is 4.98 Å². The Morgan fingerprint density at radius 1 is 1.04 bits per heavy atom. The van der Waals surface area contributed by atoms with Crippen LogP contribution in [0.25, 0.3) is 11.4 Å². The summed E-state index contributed by atoms with van der Waals surface area (Å²) in [5.41, 5.74) is 4.60. The normalized spacial score (nSPS) is 14.4. The molecular weight excluding hydrogens is 366 g/mol. The van der Waals surface area contributed by atoms with Gasteiger partial charge in [0.15, 0.2) is 5.82 Å². The van der Waals surface area contributed by atoms with Crippen LogP contribution < -0.4 is 0 Å². The third-order valence-corrected chi connectivity index (χ3v) is 4.62. The summed E-state index contributed by atoms with van der Waals surface area (Å²) >= 11 is 3.37. The van der Waals surface area contributed by atoms with Crippen LogP contribution in [0.1, 0.15) is 16.8 Å². The SMILES string of the molecule is Brc1ccc(CN2CCc3nc(-c4ccncc4)ncc3C2)cn1. The largest absolute Gasteiger partial charge is 0.294 e. The van der Waals surface area contributed by atoms with Crippen molar-refractivity contribution in [3.63, 3.8) is 0 Å². The second-order valence-electron chi connectivity index (χ2n) is 5.85. The van der Waals surface area contributed by atoms with Gasteiger partial charge in [-0.1, -0.05) is 6.07 Å². The van der Waals surface area contributed by atoms with Crippen LogP contribution in [-0.2, 0) is 19.5 Å². The predicted molar refractivity (Wildman–Crippen MR) is 95.0 cm³/mol. The summed E-state index contributed by atoms with van der Waals surface area (Å²) in [5, 5.41) is 0. The van der Waals surface area contributed by atoms with Gasteiger partial charge in [-0.15, -0.1) is 0 Å². The molecule has 3 aromatic rings. The second-order valence-corrected chi connectivity index (χ2v) is 6.66. The number of hydrogen-bond donors (Lipinski definition) is 0. The maximum absolute atomic E-state index is 4.75. The van der Waals surface area contributed by atoms with Crippen molar-refractivity contribution in [2.24, 2.45) is 0 Å². The van der Waals surface area contributed by atoms with Crippen LogP contribution in [0.3, 0.4) is 0 Å². The summed E-state index contributed by atoms with van der Waals surface area (Å²) in [6.07, 6.45) is 8.37. The van der Waals surface area contributed by atoms with Gasteiger partial charge in [-0.05, 0) is 39.7 Å². The molecule has 0 saturated heterocycles. The Kier molecular flexibility index (Phi) is 4.32. The van der Waals surface area contributed by atoms with E-state index in [0.717, 1.165) is 47.7 Å². The van der Waals surface area contributed by atoms with Gasteiger partial charge < -0.3 is 0 Å². The first-order valence-electron chi connectivity index (χ1n) is 7.86. The summed E-state index contributed by atoms with van der Waals surface area (Å²) < 4.78 is 0.868. The van der Waals surface area contributed by atoms with E-state index in [1.165, 1.54) is 11.1 Å². The van der Waals surface area contributed by atoms with Gasteiger partial charge in [0.1, 0.15) is 4.60 Å². The molecule has 0 aromatic carbocycles. The highest BCUT2D eigenvalue weighted by atomic mass is 79.9. The molecule has 0 radical (unpaired) electrons. The molecule has 6 heteroatoms. The smallest absolute Gasteiger partial charge is 0.159 e. The highest BCUT2D eigenvalue weighted by Crippen LogP contribution is 2.21. The molecule has 0 N–H and O–H groups in total. The minimum absolute atomic E-state index is 0.779. The highest BCUT2D eigenvalue weighted by molar-refractivity contribution is 9.10. The van der Waals surface area contributed by atoms with E-state index < -0.39 is 0 Å². The molecule has 0 saturated carbocycles. The van der Waals surface area contributed by atoms with Crippen molar-refractivity contribution >= 4 is 15.9 Å². The second kappa shape index (κ2) is 6.75. The van der Waals surface area contributed by atoms with E-state index in [2.05, 4.69) is 41.8 Å². The molecule has 4 heterocycles. The Morgan fingerprint density at radius 2 is 1.92 bits per heavy atom. The van der Waals surface area contributed by atoms with Crippen LogP contribution in [0.5, 0.6) is 0 Å². The zero-order valence-electron chi connectivity index (χ0n) is 13.1. The lowest BCUT2D eigenvalue weighted by Crippen LogP contribution is -2.31. The summed E-state index contributed by atoms with van der Waals surface area (Å²) in [5.74, 6) is 0.779. The van der Waals surface area contributed by atoms with Gasteiger partial charge in [0.05, 0.1) is 5.69 Å². The molecule has 24 heavy (non-hydrogen) atoms. The van der Waals surface area contributed by atoms with Crippen molar-refractivity contribution in [2.45, 2.75) is 19.5 Å². The molecule has 0 amide bonds. The van der Waals surface area contributed by atoms with Gasteiger partial charge in [-0.2, -0.15) is 0 Å². The Labute approximate surface area is 149 Å². The van der Waals surface area contributed by atoms with Crippen molar-refractivity contribution in [2.75, 3.05) is 6.54 Å². The Hall–Kier alpha value is -2.18. The fourth-order valence-electron chi connectivity index (χ4n) is 2.91. The van der Waals surface area contributed by atoms with Crippen molar-refractivity contribution in [3.8, 4) is 11.4 Å². The molecule has 120 valence electrons. The minimum Gasteiger partial charge on any atom is -0.294 e. The number of halogens is 1. The van der Waals surface area contributed by atoms with E-state index in [1.54, 1.807) is 12.4 Å². The van der Waals surface area contributed by atoms with E-state index in [-0.39, 0.29) is 0 Å². The number of hydrogen-bond acceptors (Lipinski definition) is 5. The van der Waals surface area contributed by atoms with Crippen molar-refractivity contribution < 1.29 is 0 Å². The van der Waals surface area contributed by atoms with Gasteiger partial charge >= 0.3 is 0 Å². The van der Waals surface area contributed by atoms with Gasteiger partial charge in [0.25, 0.3) is 0 Å². The van der Waals surface area contributed by atoms with E-state index >= 15 is 0 Å². The average molecular weight is 382 g/mol. The summed E-state index contributed by atoms with van der Waals surface area (Å²) in [7, 11) is 0. The van der Waals surface area contributed by atoms with Crippen LogP contribution in [0, 0.1) is 0 Å². The minimum atomic E-state index is 0.779. The zero-order valence-corrected chi connectivity index (χ0v) is 14.6. The van der Waals surface area contributed by atoms with Crippen LogP contribution in [0.4, 0.5) is 0 Å². The topological polar surface area (TPSA) is 54.8 Å². The standard InChI is InChI=1S/C18H16BrN5/c19-17-2-1-13(9-21-17)11-24-8-5-16-15(12-24)10-22-18(23-16)14-3-6-20-7-4-14/h1-4,6-7,9-10H,5,8,11-12H2. The lowest BCUT2D eigenvalue weighted by Gasteiger charge is -2.28. The van der Waals surface area contributed by atoms with Gasteiger partial charge in [0.2, 0.25) is 0 Å². The molecule has 1 aliphatic rings. The first-order chi connectivity index (χ1) is 11.8. The molecular formula is C18H16BrN5. The molecule has 0 aliphatic carbocycles. The Bertz CT molecular complexity index is 836. The maximum atomic E-state index is 4.75. The Balaban J connectivity index is 1.50. The Morgan fingerprint density at radius 3 is 2.71 bits per heavy atom. The van der Waals surface area contributed by atoms with Crippen molar-refractivity contribution in [1.82, 2.24) is 24.8 Å². The van der Waals surface area contributed by atoms with Crippen LogP contribution in [0.15, 0.2) is 53.7 Å². The van der Waals surface area contributed by atoms with E-state index in [0.29, 0.717) is 0 Å². The molecule has 1 aliphatic heterocycles. The van der Waals surface area contributed by atoms with Crippen LogP contribution in [0.2, 0.25) is 0 Å². The molecule has 5 nitrogen and oxygen atoms in total. The fraction of sp³-hybridized carbons (Fsp3) is 0.222. The summed E-state index contributed by atoms with van der Waals surface area (Å²) in [6, 6.07) is 7.97. The van der Waals surface area contributed by atoms with E-state index in [1.807, 2.05) is 30.6 Å². The van der Waals surface area contributed by atoms with Crippen molar-refractivity contribution in [3.05, 3.63) is 70.5 Å². The van der Waals surface area contributed by atoms with Gasteiger partial charge in [-0.3, -0.25) is 9.88 Å². The van der Waals surface area contributed by atoms with Gasteiger partial charge in [-0.25, -0.2) is 15.0 Å². The molecule has 3 aromatic heterocycles. The molecule has 0 spiro atoms. The predicted octanol–water partition coefficient (Wildman–Crippen LogP) is 3.25. The summed E-state index contributed by atoms with van der Waals surface area (Å²) in [6.45, 7) is 2.77.